The minimum atomic E-state index is 0.440. The Bertz CT molecular complexity index is 613. The van der Waals surface area contributed by atoms with Gasteiger partial charge in [0.1, 0.15) is 5.82 Å². The number of halogens is 2. The smallest absolute Gasteiger partial charge is 0.147 e. The molecule has 1 aromatic carbocycles. The minimum Gasteiger partial charge on any atom is -0.351 e. The highest BCUT2D eigenvalue weighted by Crippen LogP contribution is 2.28. The quantitative estimate of drug-likeness (QED) is 0.763. The summed E-state index contributed by atoms with van der Waals surface area (Å²) in [6, 6.07) is 10.5. The summed E-state index contributed by atoms with van der Waals surface area (Å²) in [6.07, 6.45) is 4.04. The average Bonchev–Trinajstić information content (AvgIpc) is 2.69. The average molecular weight is 307 g/mol. The van der Waals surface area contributed by atoms with Crippen LogP contribution in [0.15, 0.2) is 36.5 Å². The summed E-state index contributed by atoms with van der Waals surface area (Å²) in [5.74, 6) is 1.30. The number of rotatable bonds is 2. The van der Waals surface area contributed by atoms with Crippen LogP contribution in [0.3, 0.4) is 0 Å². The van der Waals surface area contributed by atoms with Gasteiger partial charge in [-0.3, -0.25) is 0 Å². The highest BCUT2D eigenvalue weighted by Gasteiger charge is 2.17. The van der Waals surface area contributed by atoms with Gasteiger partial charge in [0, 0.05) is 25.2 Å². The van der Waals surface area contributed by atoms with Crippen LogP contribution in [-0.4, -0.2) is 11.5 Å². The van der Waals surface area contributed by atoms with Crippen LogP contribution in [0.5, 0.6) is 0 Å². The van der Waals surface area contributed by atoms with E-state index in [0.29, 0.717) is 10.9 Å². The van der Waals surface area contributed by atoms with Crippen molar-refractivity contribution < 1.29 is 0 Å². The molecule has 2 heterocycles. The van der Waals surface area contributed by atoms with Gasteiger partial charge >= 0.3 is 0 Å². The van der Waals surface area contributed by atoms with Crippen LogP contribution in [0.4, 0.5) is 5.82 Å². The van der Waals surface area contributed by atoms with E-state index in [-0.39, 0.29) is 0 Å². The molecule has 3 rings (SSSR count). The Kier molecular flexibility index (Phi) is 4.13. The van der Waals surface area contributed by atoms with Gasteiger partial charge in [-0.2, -0.15) is 0 Å². The molecule has 0 saturated heterocycles. The number of aryl methyl sites for hydroxylation is 1. The Morgan fingerprint density at radius 2 is 2.00 bits per heavy atom. The van der Waals surface area contributed by atoms with Gasteiger partial charge in [0.05, 0.1) is 5.02 Å². The molecule has 0 unspecified atom stereocenters. The lowest BCUT2D eigenvalue weighted by Crippen LogP contribution is -2.24. The molecule has 20 heavy (non-hydrogen) atoms. The van der Waals surface area contributed by atoms with E-state index in [9.17, 15) is 0 Å². The van der Waals surface area contributed by atoms with E-state index in [1.807, 2.05) is 12.3 Å². The number of fused-ring (bicyclic) bond motifs is 1. The van der Waals surface area contributed by atoms with Gasteiger partial charge in [-0.1, -0.05) is 35.9 Å². The van der Waals surface area contributed by atoms with Crippen molar-refractivity contribution in [2.45, 2.75) is 25.3 Å². The second-order valence-corrected chi connectivity index (χ2v) is 5.75. The third kappa shape index (κ3) is 2.77. The first-order valence-electron chi connectivity index (χ1n) is 6.80. The summed E-state index contributed by atoms with van der Waals surface area (Å²) in [4.78, 5) is 6.75. The molecule has 0 aliphatic carbocycles. The van der Waals surface area contributed by atoms with Gasteiger partial charge in [0.2, 0.25) is 0 Å². The lowest BCUT2D eigenvalue weighted by atomic mass is 10.0. The van der Waals surface area contributed by atoms with Crippen LogP contribution < -0.4 is 4.90 Å². The Hall–Kier alpha value is -1.25. The summed E-state index contributed by atoms with van der Waals surface area (Å²) < 4.78 is 0. The zero-order valence-corrected chi connectivity index (χ0v) is 12.7. The van der Waals surface area contributed by atoms with Crippen molar-refractivity contribution >= 4 is 29.0 Å². The fourth-order valence-electron chi connectivity index (χ4n) is 2.66. The number of anilines is 1. The van der Waals surface area contributed by atoms with E-state index in [1.165, 1.54) is 11.1 Å². The molecule has 0 saturated carbocycles. The normalized spacial score (nSPS) is 14.8. The molecular formula is C16H16Cl2N2. The highest BCUT2D eigenvalue weighted by molar-refractivity contribution is 6.33. The van der Waals surface area contributed by atoms with E-state index in [0.717, 1.165) is 37.3 Å². The van der Waals surface area contributed by atoms with Crippen LogP contribution >= 0.6 is 23.2 Å². The number of alkyl halides is 1. The Balaban J connectivity index is 1.91. The standard InChI is InChI=1S/C16H16Cl2N2/c17-9-12-8-15(18)16(19-10-12)20-7-3-6-13-4-1-2-5-14(13)11-20/h1-2,4-5,8,10H,3,6-7,9,11H2. The molecule has 0 bridgehead atoms. The number of hydrogen-bond acceptors (Lipinski definition) is 2. The second-order valence-electron chi connectivity index (χ2n) is 5.08. The lowest BCUT2D eigenvalue weighted by Gasteiger charge is -2.23. The monoisotopic (exact) mass is 306 g/mol. The number of pyridine rings is 1. The molecule has 2 aromatic rings. The minimum absolute atomic E-state index is 0.440. The van der Waals surface area contributed by atoms with Crippen LogP contribution in [0.25, 0.3) is 0 Å². The van der Waals surface area contributed by atoms with Gasteiger partial charge in [-0.25, -0.2) is 4.98 Å². The third-order valence-corrected chi connectivity index (χ3v) is 4.27. The molecule has 4 heteroatoms. The fourth-order valence-corrected chi connectivity index (χ4v) is 3.11. The summed E-state index contributed by atoms with van der Waals surface area (Å²) in [5, 5.41) is 0.683. The topological polar surface area (TPSA) is 16.1 Å². The molecular weight excluding hydrogens is 291 g/mol. The summed E-state index contributed by atoms with van der Waals surface area (Å²) in [5.41, 5.74) is 3.75. The number of nitrogens with zero attached hydrogens (tertiary/aromatic N) is 2. The van der Waals surface area contributed by atoms with Crippen molar-refractivity contribution in [2.75, 3.05) is 11.4 Å². The number of benzene rings is 1. The molecule has 0 atom stereocenters. The molecule has 2 nitrogen and oxygen atoms in total. The predicted molar refractivity (Wildman–Crippen MR) is 84.6 cm³/mol. The van der Waals surface area contributed by atoms with Crippen LogP contribution in [0.2, 0.25) is 5.02 Å². The molecule has 0 radical (unpaired) electrons. The van der Waals surface area contributed by atoms with E-state index >= 15 is 0 Å². The van der Waals surface area contributed by atoms with E-state index < -0.39 is 0 Å². The zero-order chi connectivity index (χ0) is 13.9. The third-order valence-electron chi connectivity index (χ3n) is 3.69. The SMILES string of the molecule is ClCc1cnc(N2CCCc3ccccc3C2)c(Cl)c1. The molecule has 104 valence electrons. The first-order chi connectivity index (χ1) is 9.78. The van der Waals surface area contributed by atoms with Gasteiger partial charge in [0.15, 0.2) is 0 Å². The maximum absolute atomic E-state index is 6.36. The zero-order valence-electron chi connectivity index (χ0n) is 11.1. The van der Waals surface area contributed by atoms with Gasteiger partial charge in [0.25, 0.3) is 0 Å². The van der Waals surface area contributed by atoms with E-state index in [1.54, 1.807) is 0 Å². The van der Waals surface area contributed by atoms with Crippen molar-refractivity contribution in [3.05, 3.63) is 58.2 Å². The van der Waals surface area contributed by atoms with Crippen molar-refractivity contribution in [1.82, 2.24) is 4.98 Å². The Morgan fingerprint density at radius 3 is 2.75 bits per heavy atom. The predicted octanol–water partition coefficient (Wildman–Crippen LogP) is 4.43. The highest BCUT2D eigenvalue weighted by atomic mass is 35.5. The lowest BCUT2D eigenvalue weighted by molar-refractivity contribution is 0.754. The molecule has 1 aliphatic heterocycles. The van der Waals surface area contributed by atoms with Crippen LogP contribution in [-0.2, 0) is 18.8 Å². The van der Waals surface area contributed by atoms with Gasteiger partial charge in [-0.15, -0.1) is 11.6 Å². The summed E-state index contributed by atoms with van der Waals surface area (Å²) in [6.45, 7) is 1.84. The largest absolute Gasteiger partial charge is 0.351 e. The molecule has 0 amide bonds. The molecule has 0 fully saturated rings. The van der Waals surface area contributed by atoms with Crippen molar-refractivity contribution in [3.63, 3.8) is 0 Å². The first kappa shape index (κ1) is 13.7. The van der Waals surface area contributed by atoms with Crippen LogP contribution in [0.1, 0.15) is 23.1 Å². The summed E-state index contributed by atoms with van der Waals surface area (Å²) in [7, 11) is 0. The van der Waals surface area contributed by atoms with Crippen molar-refractivity contribution in [1.29, 1.82) is 0 Å². The summed E-state index contributed by atoms with van der Waals surface area (Å²) >= 11 is 12.2. The van der Waals surface area contributed by atoms with Crippen molar-refractivity contribution in [3.8, 4) is 0 Å². The van der Waals surface area contributed by atoms with Crippen molar-refractivity contribution in [2.24, 2.45) is 0 Å². The van der Waals surface area contributed by atoms with E-state index in [2.05, 4.69) is 34.1 Å². The molecule has 1 aromatic heterocycles. The number of hydrogen-bond donors (Lipinski definition) is 0. The Morgan fingerprint density at radius 1 is 1.20 bits per heavy atom. The van der Waals surface area contributed by atoms with Gasteiger partial charge in [-0.05, 0) is 35.6 Å². The molecule has 0 spiro atoms. The Labute approximate surface area is 129 Å². The molecule has 1 aliphatic rings. The van der Waals surface area contributed by atoms with Gasteiger partial charge < -0.3 is 4.90 Å². The first-order valence-corrected chi connectivity index (χ1v) is 7.71. The maximum atomic E-state index is 6.36. The number of aromatic nitrogens is 1. The fraction of sp³-hybridized carbons (Fsp3) is 0.312. The maximum Gasteiger partial charge on any atom is 0.147 e. The van der Waals surface area contributed by atoms with E-state index in [4.69, 9.17) is 23.2 Å². The van der Waals surface area contributed by atoms with Crippen LogP contribution in [0, 0.1) is 0 Å². The second kappa shape index (κ2) is 6.02. The molecule has 0 N–H and O–H groups in total.